The standard InChI is InChI=1S/C13H12ClNO4S/c14-9-10(19-5-4-16)12(13(17)18)20-11(9)7-2-1-3-8(15)6-7/h1-3,6,16H,4-5,15H2,(H,17,18). The third-order valence-corrected chi connectivity index (χ3v) is 4.17. The van der Waals surface area contributed by atoms with Crippen molar-refractivity contribution >= 4 is 34.6 Å². The summed E-state index contributed by atoms with van der Waals surface area (Å²) >= 11 is 7.21. The molecule has 2 rings (SSSR count). The molecule has 1 aromatic carbocycles. The molecule has 2 aromatic rings. The lowest BCUT2D eigenvalue weighted by molar-refractivity contribution is 0.0696. The highest BCUT2D eigenvalue weighted by Crippen LogP contribution is 2.45. The van der Waals surface area contributed by atoms with Crippen LogP contribution in [0.1, 0.15) is 9.67 Å². The fraction of sp³-hybridized carbons (Fsp3) is 0.154. The summed E-state index contributed by atoms with van der Waals surface area (Å²) < 4.78 is 5.23. The molecule has 0 aliphatic rings. The largest absolute Gasteiger partial charge is 0.488 e. The van der Waals surface area contributed by atoms with E-state index in [4.69, 9.17) is 27.2 Å². The van der Waals surface area contributed by atoms with E-state index in [1.54, 1.807) is 24.3 Å². The summed E-state index contributed by atoms with van der Waals surface area (Å²) in [4.78, 5) is 11.8. The average Bonchev–Trinajstić information content (AvgIpc) is 2.74. The number of hydrogen-bond donors (Lipinski definition) is 3. The number of aliphatic hydroxyl groups is 1. The zero-order chi connectivity index (χ0) is 14.7. The molecular weight excluding hydrogens is 302 g/mol. The molecule has 20 heavy (non-hydrogen) atoms. The number of aliphatic hydroxyl groups excluding tert-OH is 1. The molecule has 0 unspecified atom stereocenters. The Morgan fingerprint density at radius 2 is 2.20 bits per heavy atom. The Morgan fingerprint density at radius 1 is 1.45 bits per heavy atom. The fourth-order valence-corrected chi connectivity index (χ4v) is 3.08. The van der Waals surface area contributed by atoms with Crippen molar-refractivity contribution in [3.63, 3.8) is 0 Å². The molecule has 0 aliphatic heterocycles. The maximum Gasteiger partial charge on any atom is 0.349 e. The van der Waals surface area contributed by atoms with Crippen molar-refractivity contribution < 1.29 is 19.7 Å². The molecule has 7 heteroatoms. The third-order valence-electron chi connectivity index (χ3n) is 2.49. The van der Waals surface area contributed by atoms with Gasteiger partial charge in [-0.2, -0.15) is 0 Å². The van der Waals surface area contributed by atoms with E-state index in [0.717, 1.165) is 16.9 Å². The summed E-state index contributed by atoms with van der Waals surface area (Å²) in [7, 11) is 0. The lowest BCUT2D eigenvalue weighted by Crippen LogP contribution is -2.04. The van der Waals surface area contributed by atoms with Crippen LogP contribution in [0.4, 0.5) is 5.69 Å². The van der Waals surface area contributed by atoms with Crippen LogP contribution in [0.15, 0.2) is 24.3 Å². The number of thiophene rings is 1. The Hall–Kier alpha value is -1.76. The molecule has 0 bridgehead atoms. The highest BCUT2D eigenvalue weighted by atomic mass is 35.5. The normalized spacial score (nSPS) is 10.5. The molecule has 0 saturated heterocycles. The second-order valence-corrected chi connectivity index (χ2v) is 5.30. The monoisotopic (exact) mass is 313 g/mol. The molecule has 5 nitrogen and oxygen atoms in total. The lowest BCUT2D eigenvalue weighted by Gasteiger charge is -2.04. The van der Waals surface area contributed by atoms with Crippen molar-refractivity contribution in [3.8, 4) is 16.2 Å². The number of benzene rings is 1. The molecule has 0 spiro atoms. The highest BCUT2D eigenvalue weighted by Gasteiger charge is 2.23. The van der Waals surface area contributed by atoms with Crippen LogP contribution in [-0.4, -0.2) is 29.4 Å². The molecule has 0 aliphatic carbocycles. The molecule has 1 aromatic heterocycles. The number of anilines is 1. The number of rotatable bonds is 5. The van der Waals surface area contributed by atoms with Crippen LogP contribution in [0.5, 0.6) is 5.75 Å². The first kappa shape index (κ1) is 14.6. The Bertz CT molecular complexity index is 641. The minimum absolute atomic E-state index is 0.000810. The van der Waals surface area contributed by atoms with Crippen LogP contribution < -0.4 is 10.5 Å². The predicted molar refractivity (Wildman–Crippen MR) is 78.7 cm³/mol. The number of carboxylic acids is 1. The van der Waals surface area contributed by atoms with Crippen molar-refractivity contribution in [2.45, 2.75) is 0 Å². The van der Waals surface area contributed by atoms with Crippen LogP contribution in [-0.2, 0) is 0 Å². The van der Waals surface area contributed by atoms with Crippen LogP contribution in [0.25, 0.3) is 10.4 Å². The van der Waals surface area contributed by atoms with Gasteiger partial charge in [0.15, 0.2) is 10.6 Å². The first-order chi connectivity index (χ1) is 9.54. The number of hydrogen-bond acceptors (Lipinski definition) is 5. The molecule has 0 saturated carbocycles. The molecule has 106 valence electrons. The van der Waals surface area contributed by atoms with E-state index < -0.39 is 5.97 Å². The maximum atomic E-state index is 11.2. The average molecular weight is 314 g/mol. The first-order valence-electron chi connectivity index (χ1n) is 5.69. The van der Waals surface area contributed by atoms with Gasteiger partial charge in [-0.1, -0.05) is 23.7 Å². The summed E-state index contributed by atoms with van der Waals surface area (Å²) in [6.45, 7) is -0.244. The highest BCUT2D eigenvalue weighted by molar-refractivity contribution is 7.18. The zero-order valence-corrected chi connectivity index (χ0v) is 11.9. The van der Waals surface area contributed by atoms with Gasteiger partial charge >= 0.3 is 5.97 Å². The molecule has 0 amide bonds. The molecule has 0 atom stereocenters. The van der Waals surface area contributed by atoms with Gasteiger partial charge < -0.3 is 20.7 Å². The number of carboxylic acid groups (broad SMARTS) is 1. The Kier molecular flexibility index (Phi) is 4.49. The topological polar surface area (TPSA) is 92.8 Å². The van der Waals surface area contributed by atoms with E-state index in [1.807, 2.05) is 0 Å². The van der Waals surface area contributed by atoms with Crippen molar-refractivity contribution in [1.29, 1.82) is 0 Å². The van der Waals surface area contributed by atoms with Crippen molar-refractivity contribution in [2.24, 2.45) is 0 Å². The smallest absolute Gasteiger partial charge is 0.349 e. The van der Waals surface area contributed by atoms with E-state index in [0.29, 0.717) is 10.6 Å². The molecule has 0 radical (unpaired) electrons. The minimum Gasteiger partial charge on any atom is -0.488 e. The SMILES string of the molecule is Nc1cccc(-c2sc(C(=O)O)c(OCCO)c2Cl)c1. The lowest BCUT2D eigenvalue weighted by atomic mass is 10.1. The van der Waals surface area contributed by atoms with E-state index in [1.165, 1.54) is 0 Å². The second-order valence-electron chi connectivity index (χ2n) is 3.91. The van der Waals surface area contributed by atoms with Crippen molar-refractivity contribution in [1.82, 2.24) is 0 Å². The number of nitrogens with two attached hydrogens (primary N) is 1. The Labute approximate surface area is 124 Å². The van der Waals surface area contributed by atoms with Crippen LogP contribution in [0.2, 0.25) is 5.02 Å². The van der Waals surface area contributed by atoms with Gasteiger partial charge in [0, 0.05) is 5.69 Å². The van der Waals surface area contributed by atoms with E-state index in [9.17, 15) is 9.90 Å². The Balaban J connectivity index is 2.52. The van der Waals surface area contributed by atoms with E-state index in [-0.39, 0.29) is 28.9 Å². The van der Waals surface area contributed by atoms with Crippen LogP contribution in [0, 0.1) is 0 Å². The van der Waals surface area contributed by atoms with Crippen molar-refractivity contribution in [3.05, 3.63) is 34.2 Å². The van der Waals surface area contributed by atoms with Crippen molar-refractivity contribution in [2.75, 3.05) is 18.9 Å². The summed E-state index contributed by atoms with van der Waals surface area (Å²) in [5.74, 6) is -1.05. The summed E-state index contributed by atoms with van der Waals surface area (Å²) in [5, 5.41) is 18.2. The fourth-order valence-electron chi connectivity index (χ4n) is 1.68. The molecule has 4 N–H and O–H groups in total. The number of carbonyl (C=O) groups is 1. The summed E-state index contributed by atoms with van der Waals surface area (Å²) in [5.41, 5.74) is 6.99. The van der Waals surface area contributed by atoms with Crippen LogP contribution in [0.3, 0.4) is 0 Å². The number of ether oxygens (including phenoxy) is 1. The van der Waals surface area contributed by atoms with Gasteiger partial charge in [0.1, 0.15) is 11.6 Å². The van der Waals surface area contributed by atoms with Gasteiger partial charge in [0.2, 0.25) is 0 Å². The van der Waals surface area contributed by atoms with Gasteiger partial charge in [-0.15, -0.1) is 11.3 Å². The Morgan fingerprint density at radius 3 is 2.80 bits per heavy atom. The van der Waals surface area contributed by atoms with Gasteiger partial charge in [0.25, 0.3) is 0 Å². The van der Waals surface area contributed by atoms with Gasteiger partial charge in [-0.3, -0.25) is 0 Å². The quantitative estimate of drug-likeness (QED) is 0.738. The zero-order valence-electron chi connectivity index (χ0n) is 10.3. The van der Waals surface area contributed by atoms with E-state index in [2.05, 4.69) is 0 Å². The number of aromatic carboxylic acids is 1. The summed E-state index contributed by atoms with van der Waals surface area (Å²) in [6.07, 6.45) is 0. The molecule has 1 heterocycles. The maximum absolute atomic E-state index is 11.2. The predicted octanol–water partition coefficient (Wildman–Crippen LogP) is 2.72. The number of nitrogen functional groups attached to an aromatic ring is 1. The van der Waals surface area contributed by atoms with Gasteiger partial charge in [-0.05, 0) is 17.7 Å². The summed E-state index contributed by atoms with van der Waals surface area (Å²) in [6, 6.07) is 6.98. The minimum atomic E-state index is -1.13. The molecular formula is C13H12ClNO4S. The van der Waals surface area contributed by atoms with E-state index >= 15 is 0 Å². The number of halogens is 1. The van der Waals surface area contributed by atoms with Crippen LogP contribution >= 0.6 is 22.9 Å². The van der Waals surface area contributed by atoms with Gasteiger partial charge in [-0.25, -0.2) is 4.79 Å². The second kappa shape index (κ2) is 6.13. The van der Waals surface area contributed by atoms with Gasteiger partial charge in [0.05, 0.1) is 11.5 Å². The first-order valence-corrected chi connectivity index (χ1v) is 6.89. The molecule has 0 fully saturated rings. The third kappa shape index (κ3) is 2.87.